The average Bonchev–Trinajstić information content (AvgIpc) is 2.11. The minimum atomic E-state index is -0.195. The van der Waals surface area contributed by atoms with Gasteiger partial charge in [0.05, 0.1) is 0 Å². The van der Waals surface area contributed by atoms with Gasteiger partial charge in [-0.3, -0.25) is 4.79 Å². The molecule has 0 atom stereocenters. The molecule has 0 radical (unpaired) electrons. The zero-order valence-corrected chi connectivity index (χ0v) is 12.1. The Hall–Kier alpha value is -0.466. The summed E-state index contributed by atoms with van der Waals surface area (Å²) < 4.78 is 9.50. The molecular formula is C6H12O3SSi2. The maximum absolute atomic E-state index is 10.7. The molecule has 3 nitrogen and oxygen atoms in total. The fourth-order valence-corrected chi connectivity index (χ4v) is 1.20. The Kier molecular flexibility index (Phi) is 5.86. The summed E-state index contributed by atoms with van der Waals surface area (Å²) in [5.41, 5.74) is 0.701. The zero-order valence-electron chi connectivity index (χ0n) is 7.25. The van der Waals surface area contributed by atoms with Crippen LogP contribution in [0.4, 0.5) is 0 Å². The molecule has 0 saturated carbocycles. The van der Waals surface area contributed by atoms with Gasteiger partial charge in [-0.15, -0.1) is 0 Å². The molecule has 0 aromatic rings. The van der Waals surface area contributed by atoms with Crippen LogP contribution in [0.25, 0.3) is 0 Å². The first kappa shape index (κ1) is 11.5. The van der Waals surface area contributed by atoms with Crippen molar-refractivity contribution in [1.29, 1.82) is 0 Å². The van der Waals surface area contributed by atoms with E-state index in [2.05, 4.69) is 11.0 Å². The van der Waals surface area contributed by atoms with Crippen LogP contribution in [0.1, 0.15) is 12.8 Å². The first-order valence-corrected chi connectivity index (χ1v) is 5.48. The lowest BCUT2D eigenvalue weighted by Crippen LogP contribution is -2.06. The van der Waals surface area contributed by atoms with E-state index in [0.29, 0.717) is 44.4 Å². The lowest BCUT2D eigenvalue weighted by Gasteiger charge is -2.05. The molecule has 0 aliphatic carbocycles. The highest BCUT2D eigenvalue weighted by Crippen LogP contribution is 2.05. The Balaban J connectivity index is 3.72. The van der Waals surface area contributed by atoms with Gasteiger partial charge < -0.3 is 8.85 Å². The molecule has 0 fully saturated rings. The second kappa shape index (κ2) is 6.09. The van der Waals surface area contributed by atoms with Gasteiger partial charge in [-0.2, -0.15) is 0 Å². The quantitative estimate of drug-likeness (QED) is 0.338. The predicted octanol–water partition coefficient (Wildman–Crippen LogP) is -1.23. The van der Waals surface area contributed by atoms with Crippen LogP contribution < -0.4 is 0 Å². The van der Waals surface area contributed by atoms with E-state index in [-0.39, 0.29) is 5.97 Å². The molecular weight excluding hydrogens is 208 g/mol. The fourth-order valence-electron chi connectivity index (χ4n) is 0.601. The summed E-state index contributed by atoms with van der Waals surface area (Å²) in [5.74, 6) is -0.195. The van der Waals surface area contributed by atoms with Gasteiger partial charge in [0.15, 0.2) is 5.05 Å². The van der Waals surface area contributed by atoms with Crippen LogP contribution in [-0.4, -0.2) is 32.0 Å². The van der Waals surface area contributed by atoms with Gasteiger partial charge >= 0.3 is 0 Å². The molecule has 0 aromatic carbocycles. The summed E-state index contributed by atoms with van der Waals surface area (Å²) in [4.78, 5) is 10.7. The minimum absolute atomic E-state index is 0.195. The fraction of sp³-hybridized carbons (Fsp3) is 0.333. The van der Waals surface area contributed by atoms with Crippen LogP contribution in [0.3, 0.4) is 0 Å². The molecule has 12 heavy (non-hydrogen) atoms. The van der Waals surface area contributed by atoms with Crippen molar-refractivity contribution in [3.05, 3.63) is 12.2 Å². The molecule has 6 heteroatoms. The Labute approximate surface area is 83.2 Å². The van der Waals surface area contributed by atoms with Crippen molar-refractivity contribution in [2.24, 2.45) is 0 Å². The highest BCUT2D eigenvalue weighted by molar-refractivity contribution is 7.80. The van der Waals surface area contributed by atoms with Gasteiger partial charge in [0.1, 0.15) is 0 Å². The molecule has 0 rings (SSSR count). The van der Waals surface area contributed by atoms with Gasteiger partial charge in [-0.1, -0.05) is 6.58 Å². The Morgan fingerprint density at radius 2 is 1.92 bits per heavy atom. The van der Waals surface area contributed by atoms with Crippen molar-refractivity contribution in [3.8, 4) is 0 Å². The van der Waals surface area contributed by atoms with Crippen LogP contribution in [-0.2, 0) is 13.6 Å². The van der Waals surface area contributed by atoms with Crippen molar-refractivity contribution >= 4 is 44.2 Å². The maximum atomic E-state index is 10.7. The van der Waals surface area contributed by atoms with Crippen molar-refractivity contribution in [1.82, 2.24) is 0 Å². The lowest BCUT2D eigenvalue weighted by atomic mass is 10.2. The summed E-state index contributed by atoms with van der Waals surface area (Å²) in [5, 5.41) is 0.419. The van der Waals surface area contributed by atoms with E-state index in [0.717, 1.165) is 0 Å². The molecule has 0 aliphatic rings. The van der Waals surface area contributed by atoms with Crippen molar-refractivity contribution in [3.63, 3.8) is 0 Å². The number of rotatable bonds is 4. The molecule has 0 aromatic heterocycles. The predicted molar refractivity (Wildman–Crippen MR) is 58.0 cm³/mol. The molecule has 0 saturated heterocycles. The topological polar surface area (TPSA) is 35.5 Å². The van der Waals surface area contributed by atoms with Crippen LogP contribution in [0.2, 0.25) is 0 Å². The SMILES string of the molecule is C=C(CCC(=O)O[SiH3])C(=S)O[SiH3]. The lowest BCUT2D eigenvalue weighted by molar-refractivity contribution is -0.133. The number of thiocarbonyl (C=S) groups is 1. The summed E-state index contributed by atoms with van der Waals surface area (Å²) in [7, 11) is 1.01. The van der Waals surface area contributed by atoms with Crippen molar-refractivity contribution in [2.75, 3.05) is 0 Å². The van der Waals surface area contributed by atoms with Crippen LogP contribution in [0.5, 0.6) is 0 Å². The number of hydrogen-bond donors (Lipinski definition) is 0. The second-order valence-corrected chi connectivity index (χ2v) is 3.36. The second-order valence-electron chi connectivity index (χ2n) is 2.17. The molecule has 0 aliphatic heterocycles. The molecule has 0 unspecified atom stereocenters. The number of carbonyl (C=O) groups is 1. The van der Waals surface area contributed by atoms with Crippen LogP contribution >= 0.6 is 12.2 Å². The van der Waals surface area contributed by atoms with E-state index in [1.165, 1.54) is 0 Å². The largest absolute Gasteiger partial charge is 0.546 e. The summed E-state index contributed by atoms with van der Waals surface area (Å²) in [6.07, 6.45) is 0.871. The zero-order chi connectivity index (χ0) is 9.56. The Morgan fingerprint density at radius 3 is 2.33 bits per heavy atom. The van der Waals surface area contributed by atoms with Gasteiger partial charge in [-0.05, 0) is 24.2 Å². The molecule has 0 bridgehead atoms. The average molecular weight is 220 g/mol. The first-order chi connectivity index (χ1) is 5.61. The molecule has 0 amide bonds. The smallest absolute Gasteiger partial charge is 0.292 e. The van der Waals surface area contributed by atoms with E-state index in [1.54, 1.807) is 0 Å². The van der Waals surface area contributed by atoms with Crippen LogP contribution in [0, 0.1) is 0 Å². The Morgan fingerprint density at radius 1 is 1.33 bits per heavy atom. The third-order valence-electron chi connectivity index (χ3n) is 1.33. The molecule has 0 heterocycles. The molecule has 0 N–H and O–H groups in total. The summed E-state index contributed by atoms with van der Waals surface area (Å²) >= 11 is 4.84. The highest BCUT2D eigenvalue weighted by Gasteiger charge is 2.05. The monoisotopic (exact) mass is 220 g/mol. The Bertz CT molecular complexity index is 205. The molecule has 68 valence electrons. The van der Waals surface area contributed by atoms with Crippen molar-refractivity contribution in [2.45, 2.75) is 12.8 Å². The van der Waals surface area contributed by atoms with Crippen LogP contribution in [0.15, 0.2) is 12.2 Å². The van der Waals surface area contributed by atoms with E-state index < -0.39 is 0 Å². The third kappa shape index (κ3) is 4.42. The summed E-state index contributed by atoms with van der Waals surface area (Å²) in [6, 6.07) is 0. The maximum Gasteiger partial charge on any atom is 0.292 e. The number of carbonyl (C=O) groups excluding carboxylic acids is 1. The standard InChI is InChI=1S/C6H12O3SSi2/c1-4(6(10)9-12)2-3-5(7)8-11/h1-3H2,11-12H3. The van der Waals surface area contributed by atoms with Gasteiger partial charge in [0.25, 0.3) is 5.97 Å². The summed E-state index contributed by atoms with van der Waals surface area (Å²) in [6.45, 7) is 3.69. The van der Waals surface area contributed by atoms with E-state index in [4.69, 9.17) is 16.6 Å². The number of hydrogen-bond acceptors (Lipinski definition) is 4. The van der Waals surface area contributed by atoms with E-state index in [1.807, 2.05) is 0 Å². The van der Waals surface area contributed by atoms with Gasteiger partial charge in [0, 0.05) is 6.42 Å². The van der Waals surface area contributed by atoms with E-state index >= 15 is 0 Å². The normalized spacial score (nSPS) is 9.33. The minimum Gasteiger partial charge on any atom is -0.546 e. The highest BCUT2D eigenvalue weighted by atomic mass is 32.1. The van der Waals surface area contributed by atoms with Gasteiger partial charge in [-0.25, -0.2) is 0 Å². The van der Waals surface area contributed by atoms with Crippen molar-refractivity contribution < 1.29 is 13.6 Å². The van der Waals surface area contributed by atoms with E-state index in [9.17, 15) is 4.79 Å². The third-order valence-corrected chi connectivity index (χ3v) is 2.95. The molecule has 0 spiro atoms. The van der Waals surface area contributed by atoms with Gasteiger partial charge in [0.2, 0.25) is 21.0 Å². The first-order valence-electron chi connectivity index (χ1n) is 3.44.